The van der Waals surface area contributed by atoms with Crippen molar-refractivity contribution in [3.05, 3.63) is 0 Å². The Balaban J connectivity index is 2.41. The highest BCUT2D eigenvalue weighted by molar-refractivity contribution is 4.86. The van der Waals surface area contributed by atoms with Crippen molar-refractivity contribution in [2.24, 2.45) is 17.3 Å². The summed E-state index contributed by atoms with van der Waals surface area (Å²) in [7, 11) is 0. The van der Waals surface area contributed by atoms with Gasteiger partial charge in [0, 0.05) is 18.7 Å². The van der Waals surface area contributed by atoms with Gasteiger partial charge in [-0.2, -0.15) is 0 Å². The van der Waals surface area contributed by atoms with Crippen LogP contribution in [0.15, 0.2) is 0 Å². The molecule has 1 saturated carbocycles. The summed E-state index contributed by atoms with van der Waals surface area (Å²) in [4.78, 5) is 0. The molecule has 114 valence electrons. The number of hydrogen-bond acceptors (Lipinski definition) is 2. The second-order valence-corrected chi connectivity index (χ2v) is 7.42. The van der Waals surface area contributed by atoms with Crippen molar-refractivity contribution in [3.8, 4) is 0 Å². The molecule has 0 aromatic carbocycles. The van der Waals surface area contributed by atoms with Crippen molar-refractivity contribution in [3.63, 3.8) is 0 Å². The second kappa shape index (κ2) is 7.64. The van der Waals surface area contributed by atoms with E-state index in [-0.39, 0.29) is 0 Å². The standard InChI is InChI=1S/C17H35NO/c1-6-17(4,5)14-7-9-15(10-8-14)18-16(11-12-19)13(2)3/h13-16,18-19H,6-12H2,1-5H3. The van der Waals surface area contributed by atoms with Crippen LogP contribution in [0.1, 0.15) is 73.1 Å². The Morgan fingerprint density at radius 3 is 2.16 bits per heavy atom. The third-order valence-corrected chi connectivity index (χ3v) is 5.44. The van der Waals surface area contributed by atoms with E-state index in [1.54, 1.807) is 0 Å². The molecule has 2 heteroatoms. The van der Waals surface area contributed by atoms with Gasteiger partial charge in [-0.05, 0) is 49.4 Å². The molecule has 0 aromatic heterocycles. The van der Waals surface area contributed by atoms with Crippen LogP contribution in [0.3, 0.4) is 0 Å². The first-order valence-electron chi connectivity index (χ1n) is 8.27. The van der Waals surface area contributed by atoms with E-state index in [2.05, 4.69) is 39.9 Å². The molecule has 0 aliphatic heterocycles. The van der Waals surface area contributed by atoms with Crippen LogP contribution in [-0.4, -0.2) is 23.8 Å². The summed E-state index contributed by atoms with van der Waals surface area (Å²) in [5.41, 5.74) is 0.507. The van der Waals surface area contributed by atoms with Crippen LogP contribution < -0.4 is 5.32 Å². The Labute approximate surface area is 120 Å². The minimum Gasteiger partial charge on any atom is -0.396 e. The van der Waals surface area contributed by atoms with Crippen LogP contribution in [0.4, 0.5) is 0 Å². The first-order chi connectivity index (χ1) is 8.90. The van der Waals surface area contributed by atoms with Gasteiger partial charge in [-0.25, -0.2) is 0 Å². The molecule has 2 nitrogen and oxygen atoms in total. The van der Waals surface area contributed by atoms with Crippen LogP contribution >= 0.6 is 0 Å². The lowest BCUT2D eigenvalue weighted by atomic mass is 9.69. The van der Waals surface area contributed by atoms with E-state index in [1.165, 1.54) is 32.1 Å². The maximum Gasteiger partial charge on any atom is 0.0445 e. The van der Waals surface area contributed by atoms with E-state index < -0.39 is 0 Å². The van der Waals surface area contributed by atoms with Crippen LogP contribution in [0.2, 0.25) is 0 Å². The van der Waals surface area contributed by atoms with E-state index in [1.807, 2.05) is 0 Å². The van der Waals surface area contributed by atoms with Gasteiger partial charge in [0.15, 0.2) is 0 Å². The lowest BCUT2D eigenvalue weighted by Crippen LogP contribution is -2.44. The molecular formula is C17H35NO. The predicted molar refractivity (Wildman–Crippen MR) is 83.3 cm³/mol. The smallest absolute Gasteiger partial charge is 0.0445 e. The maximum absolute atomic E-state index is 9.16. The van der Waals surface area contributed by atoms with Gasteiger partial charge in [-0.15, -0.1) is 0 Å². The molecule has 1 atom stereocenters. The SMILES string of the molecule is CCC(C)(C)C1CCC(NC(CCO)C(C)C)CC1. The van der Waals surface area contributed by atoms with Gasteiger partial charge in [0.1, 0.15) is 0 Å². The van der Waals surface area contributed by atoms with Crippen LogP contribution in [0, 0.1) is 17.3 Å². The average molecular weight is 269 g/mol. The number of hydrogen-bond donors (Lipinski definition) is 2. The van der Waals surface area contributed by atoms with E-state index in [4.69, 9.17) is 5.11 Å². The van der Waals surface area contributed by atoms with E-state index >= 15 is 0 Å². The summed E-state index contributed by atoms with van der Waals surface area (Å²) in [5.74, 6) is 1.50. The monoisotopic (exact) mass is 269 g/mol. The molecule has 1 fully saturated rings. The van der Waals surface area contributed by atoms with Gasteiger partial charge in [-0.1, -0.05) is 41.0 Å². The average Bonchev–Trinajstić information content (AvgIpc) is 2.38. The summed E-state index contributed by atoms with van der Waals surface area (Å²) in [6, 6.07) is 1.15. The van der Waals surface area contributed by atoms with Crippen molar-refractivity contribution in [1.29, 1.82) is 0 Å². The minimum atomic E-state index is 0.300. The van der Waals surface area contributed by atoms with Crippen molar-refractivity contribution >= 4 is 0 Å². The zero-order valence-corrected chi connectivity index (χ0v) is 13.7. The van der Waals surface area contributed by atoms with Crippen molar-refractivity contribution in [2.75, 3.05) is 6.61 Å². The highest BCUT2D eigenvalue weighted by atomic mass is 16.3. The van der Waals surface area contributed by atoms with Crippen LogP contribution in [0.25, 0.3) is 0 Å². The van der Waals surface area contributed by atoms with E-state index in [0.29, 0.717) is 30.0 Å². The zero-order valence-electron chi connectivity index (χ0n) is 13.7. The number of aliphatic hydroxyl groups is 1. The first-order valence-corrected chi connectivity index (χ1v) is 8.27. The number of nitrogens with one attached hydrogen (secondary N) is 1. The third kappa shape index (κ3) is 5.07. The Morgan fingerprint density at radius 2 is 1.74 bits per heavy atom. The fourth-order valence-electron chi connectivity index (χ4n) is 3.38. The summed E-state index contributed by atoms with van der Waals surface area (Å²) >= 11 is 0. The van der Waals surface area contributed by atoms with Gasteiger partial charge in [0.05, 0.1) is 0 Å². The number of aliphatic hydroxyl groups excluding tert-OH is 1. The molecule has 19 heavy (non-hydrogen) atoms. The van der Waals surface area contributed by atoms with Crippen LogP contribution in [0.5, 0.6) is 0 Å². The fourth-order valence-corrected chi connectivity index (χ4v) is 3.38. The summed E-state index contributed by atoms with van der Waals surface area (Å²) in [6.45, 7) is 12.0. The third-order valence-electron chi connectivity index (χ3n) is 5.44. The summed E-state index contributed by atoms with van der Waals surface area (Å²) in [5, 5.41) is 12.9. The second-order valence-electron chi connectivity index (χ2n) is 7.42. The van der Waals surface area contributed by atoms with Crippen LogP contribution in [-0.2, 0) is 0 Å². The molecule has 0 saturated heterocycles. The van der Waals surface area contributed by atoms with Gasteiger partial charge >= 0.3 is 0 Å². The topological polar surface area (TPSA) is 32.3 Å². The molecule has 1 aliphatic rings. The molecular weight excluding hydrogens is 234 g/mol. The lowest BCUT2D eigenvalue weighted by Gasteiger charge is -2.40. The molecule has 1 unspecified atom stereocenters. The zero-order chi connectivity index (χ0) is 14.5. The highest BCUT2D eigenvalue weighted by Crippen LogP contribution is 2.40. The van der Waals surface area contributed by atoms with Gasteiger partial charge in [0.25, 0.3) is 0 Å². The Kier molecular flexibility index (Phi) is 6.82. The van der Waals surface area contributed by atoms with Gasteiger partial charge in [-0.3, -0.25) is 0 Å². The van der Waals surface area contributed by atoms with Gasteiger partial charge in [0.2, 0.25) is 0 Å². The molecule has 0 radical (unpaired) electrons. The molecule has 2 N–H and O–H groups in total. The Morgan fingerprint density at radius 1 is 1.16 bits per heavy atom. The quantitative estimate of drug-likeness (QED) is 0.733. The lowest BCUT2D eigenvalue weighted by molar-refractivity contribution is 0.128. The molecule has 0 bridgehead atoms. The minimum absolute atomic E-state index is 0.300. The molecule has 1 aliphatic carbocycles. The van der Waals surface area contributed by atoms with Crippen molar-refractivity contribution < 1.29 is 5.11 Å². The molecule has 1 rings (SSSR count). The molecule has 0 spiro atoms. The van der Waals surface area contributed by atoms with Crippen molar-refractivity contribution in [2.45, 2.75) is 85.2 Å². The largest absolute Gasteiger partial charge is 0.396 e. The highest BCUT2D eigenvalue weighted by Gasteiger charge is 2.32. The Bertz CT molecular complexity index is 242. The predicted octanol–water partition coefficient (Wildman–Crippen LogP) is 3.98. The fraction of sp³-hybridized carbons (Fsp3) is 1.00. The van der Waals surface area contributed by atoms with Crippen molar-refractivity contribution in [1.82, 2.24) is 5.32 Å². The first kappa shape index (κ1) is 17.0. The molecule has 0 aromatic rings. The summed E-state index contributed by atoms with van der Waals surface area (Å²) in [6.07, 6.45) is 7.52. The summed E-state index contributed by atoms with van der Waals surface area (Å²) < 4.78 is 0. The molecule has 0 heterocycles. The maximum atomic E-state index is 9.16. The normalized spacial score (nSPS) is 26.7. The number of rotatable bonds is 7. The van der Waals surface area contributed by atoms with E-state index in [9.17, 15) is 0 Å². The van der Waals surface area contributed by atoms with E-state index in [0.717, 1.165) is 12.3 Å². The molecule has 0 amide bonds. The van der Waals surface area contributed by atoms with Gasteiger partial charge < -0.3 is 10.4 Å². The Hall–Kier alpha value is -0.0800.